The fourth-order valence-electron chi connectivity index (χ4n) is 2.63. The second kappa shape index (κ2) is 6.84. The van der Waals surface area contributed by atoms with Crippen molar-refractivity contribution >= 4 is 45.3 Å². The molecule has 6 nitrogen and oxygen atoms in total. The van der Waals surface area contributed by atoms with Crippen molar-refractivity contribution in [3.05, 3.63) is 16.8 Å². The van der Waals surface area contributed by atoms with Gasteiger partial charge < -0.3 is 5.32 Å². The zero-order chi connectivity index (χ0) is 16.4. The van der Waals surface area contributed by atoms with E-state index in [1.807, 2.05) is 0 Å². The molecule has 0 saturated heterocycles. The van der Waals surface area contributed by atoms with Gasteiger partial charge in [0.2, 0.25) is 5.91 Å². The number of rotatable bonds is 4. The van der Waals surface area contributed by atoms with Gasteiger partial charge in [0.1, 0.15) is 16.2 Å². The first-order valence-corrected chi connectivity index (χ1v) is 9.30. The molecule has 0 aromatic carbocycles. The smallest absolute Gasteiger partial charge is 0.321 e. The number of aromatic nitrogens is 2. The third kappa shape index (κ3) is 3.32. The summed E-state index contributed by atoms with van der Waals surface area (Å²) in [5, 5.41) is 6.40. The van der Waals surface area contributed by atoms with Gasteiger partial charge in [-0.1, -0.05) is 11.8 Å². The van der Waals surface area contributed by atoms with Crippen LogP contribution in [0.1, 0.15) is 30.7 Å². The Morgan fingerprint density at radius 1 is 1.39 bits per heavy atom. The van der Waals surface area contributed by atoms with Crippen LogP contribution in [0.25, 0.3) is 10.2 Å². The number of carbonyl (C=O) groups is 2. The monoisotopic (exact) mass is 350 g/mol. The quantitative estimate of drug-likeness (QED) is 0.654. The molecule has 2 aromatic heterocycles. The molecule has 23 heavy (non-hydrogen) atoms. The molecule has 3 rings (SSSR count). The van der Waals surface area contributed by atoms with Gasteiger partial charge in [0, 0.05) is 16.8 Å². The second-order valence-corrected chi connectivity index (χ2v) is 7.74. The number of urea groups is 1. The summed E-state index contributed by atoms with van der Waals surface area (Å²) in [4.78, 5) is 34.7. The Morgan fingerprint density at radius 3 is 3.00 bits per heavy atom. The normalized spacial score (nSPS) is 14.5. The van der Waals surface area contributed by atoms with Gasteiger partial charge in [-0.3, -0.25) is 10.1 Å². The second-order valence-electron chi connectivity index (χ2n) is 5.33. The molecule has 0 aliphatic heterocycles. The predicted octanol–water partition coefficient (Wildman–Crippen LogP) is 2.51. The van der Waals surface area contributed by atoms with Crippen molar-refractivity contribution < 1.29 is 9.59 Å². The van der Waals surface area contributed by atoms with Gasteiger partial charge in [0.05, 0.1) is 5.25 Å². The van der Waals surface area contributed by atoms with E-state index in [0.717, 1.165) is 28.1 Å². The molecule has 122 valence electrons. The Balaban J connectivity index is 1.79. The van der Waals surface area contributed by atoms with Crippen molar-refractivity contribution in [3.8, 4) is 0 Å². The highest BCUT2D eigenvalue weighted by Gasteiger charge is 2.24. The number of amides is 3. The van der Waals surface area contributed by atoms with Crippen LogP contribution in [-0.4, -0.2) is 33.7 Å². The van der Waals surface area contributed by atoms with Gasteiger partial charge in [-0.05, 0) is 38.7 Å². The van der Waals surface area contributed by atoms with Gasteiger partial charge in [-0.25, -0.2) is 14.8 Å². The number of nitrogens with one attached hydrogen (secondary N) is 2. The van der Waals surface area contributed by atoms with Crippen LogP contribution in [0.5, 0.6) is 0 Å². The first-order valence-electron chi connectivity index (χ1n) is 7.60. The predicted molar refractivity (Wildman–Crippen MR) is 92.0 cm³/mol. The van der Waals surface area contributed by atoms with Crippen molar-refractivity contribution in [3.63, 3.8) is 0 Å². The molecule has 2 aromatic rings. The molecule has 0 radical (unpaired) electrons. The molecule has 3 amide bonds. The molecular weight excluding hydrogens is 332 g/mol. The van der Waals surface area contributed by atoms with Crippen LogP contribution in [0.4, 0.5) is 4.79 Å². The minimum absolute atomic E-state index is 0.320. The molecule has 1 aliphatic rings. The maximum atomic E-state index is 12.1. The molecule has 0 fully saturated rings. The Labute approximate surface area is 142 Å². The fraction of sp³-hybridized carbons (Fsp3) is 0.467. The fourth-order valence-corrected chi connectivity index (χ4v) is 4.87. The summed E-state index contributed by atoms with van der Waals surface area (Å²) in [6.07, 6.45) is 4.87. The van der Waals surface area contributed by atoms with Crippen molar-refractivity contribution in [1.82, 2.24) is 20.6 Å². The van der Waals surface area contributed by atoms with Crippen molar-refractivity contribution in [2.75, 3.05) is 6.54 Å². The van der Waals surface area contributed by atoms with E-state index in [9.17, 15) is 9.59 Å². The molecule has 1 atom stereocenters. The maximum absolute atomic E-state index is 12.1. The van der Waals surface area contributed by atoms with Crippen LogP contribution in [0, 0.1) is 0 Å². The number of hydrogen-bond donors (Lipinski definition) is 2. The van der Waals surface area contributed by atoms with E-state index >= 15 is 0 Å². The summed E-state index contributed by atoms with van der Waals surface area (Å²) < 4.78 is 0. The van der Waals surface area contributed by atoms with E-state index in [2.05, 4.69) is 20.6 Å². The van der Waals surface area contributed by atoms with E-state index in [0.29, 0.717) is 6.54 Å². The Bertz CT molecular complexity index is 759. The van der Waals surface area contributed by atoms with Crippen LogP contribution >= 0.6 is 23.1 Å². The van der Waals surface area contributed by atoms with Gasteiger partial charge in [0.15, 0.2) is 0 Å². The zero-order valence-electron chi connectivity index (χ0n) is 13.0. The third-order valence-corrected chi connectivity index (χ3v) is 6.00. The summed E-state index contributed by atoms with van der Waals surface area (Å²) in [6, 6.07) is -0.464. The number of hydrogen-bond acceptors (Lipinski definition) is 6. The van der Waals surface area contributed by atoms with Gasteiger partial charge in [0.25, 0.3) is 0 Å². The van der Waals surface area contributed by atoms with Crippen LogP contribution in [0.2, 0.25) is 0 Å². The molecule has 0 unspecified atom stereocenters. The molecule has 1 aliphatic carbocycles. The minimum Gasteiger partial charge on any atom is -0.338 e. The number of thiophene rings is 1. The van der Waals surface area contributed by atoms with E-state index in [1.54, 1.807) is 31.5 Å². The van der Waals surface area contributed by atoms with Crippen LogP contribution in [0.3, 0.4) is 0 Å². The number of nitrogens with zero attached hydrogens (tertiary/aromatic N) is 2. The van der Waals surface area contributed by atoms with E-state index < -0.39 is 11.3 Å². The van der Waals surface area contributed by atoms with E-state index in [-0.39, 0.29) is 5.91 Å². The van der Waals surface area contributed by atoms with E-state index in [4.69, 9.17) is 0 Å². The molecule has 0 spiro atoms. The molecule has 0 bridgehead atoms. The number of fused-ring (bicyclic) bond motifs is 3. The molecule has 2 heterocycles. The number of thioether (sulfide) groups is 1. The minimum atomic E-state index is -0.464. The number of aryl methyl sites for hydroxylation is 2. The highest BCUT2D eigenvalue weighted by Crippen LogP contribution is 2.40. The first-order chi connectivity index (χ1) is 11.1. The Kier molecular flexibility index (Phi) is 4.82. The van der Waals surface area contributed by atoms with Crippen LogP contribution < -0.4 is 10.6 Å². The van der Waals surface area contributed by atoms with Gasteiger partial charge >= 0.3 is 6.03 Å². The maximum Gasteiger partial charge on any atom is 0.321 e. The Morgan fingerprint density at radius 2 is 2.22 bits per heavy atom. The molecule has 2 N–H and O–H groups in total. The lowest BCUT2D eigenvalue weighted by atomic mass is 10.2. The Hall–Kier alpha value is -1.67. The lowest BCUT2D eigenvalue weighted by Gasteiger charge is -2.11. The molecule has 8 heteroatoms. The largest absolute Gasteiger partial charge is 0.338 e. The zero-order valence-corrected chi connectivity index (χ0v) is 14.6. The SMILES string of the molecule is CCNC(=O)NC(=O)[C@@H](C)Sc1ncnc2sc3c(c12)CCC3. The highest BCUT2D eigenvalue weighted by molar-refractivity contribution is 8.00. The average molecular weight is 350 g/mol. The summed E-state index contributed by atoms with van der Waals surface area (Å²) in [7, 11) is 0. The van der Waals surface area contributed by atoms with Gasteiger partial charge in [-0.2, -0.15) is 0 Å². The summed E-state index contributed by atoms with van der Waals surface area (Å²) in [5.74, 6) is -0.320. The summed E-state index contributed by atoms with van der Waals surface area (Å²) in [5.41, 5.74) is 1.34. The summed E-state index contributed by atoms with van der Waals surface area (Å²) >= 11 is 3.10. The van der Waals surface area contributed by atoms with Crippen molar-refractivity contribution in [2.24, 2.45) is 0 Å². The van der Waals surface area contributed by atoms with Crippen molar-refractivity contribution in [2.45, 2.75) is 43.4 Å². The first kappa shape index (κ1) is 16.2. The average Bonchev–Trinajstić information content (AvgIpc) is 3.07. The molecular formula is C15H18N4O2S2. The third-order valence-electron chi connectivity index (χ3n) is 3.70. The number of carbonyl (C=O) groups excluding carboxylic acids is 2. The lowest BCUT2D eigenvalue weighted by Crippen LogP contribution is -2.42. The molecule has 0 saturated carbocycles. The van der Waals surface area contributed by atoms with E-state index in [1.165, 1.54) is 28.6 Å². The van der Waals surface area contributed by atoms with Crippen molar-refractivity contribution in [1.29, 1.82) is 0 Å². The topological polar surface area (TPSA) is 84.0 Å². The standard InChI is InChI=1S/C15H18N4O2S2/c1-3-16-15(21)19-12(20)8(2)22-13-11-9-5-4-6-10(9)23-14(11)18-7-17-13/h7-8H,3-6H2,1-2H3,(H2,16,19,20,21)/t8-/m1/s1. The highest BCUT2D eigenvalue weighted by atomic mass is 32.2. The van der Waals surface area contributed by atoms with Crippen LogP contribution in [0.15, 0.2) is 11.4 Å². The number of imide groups is 1. The van der Waals surface area contributed by atoms with Crippen LogP contribution in [-0.2, 0) is 17.6 Å². The lowest BCUT2D eigenvalue weighted by molar-refractivity contribution is -0.119. The van der Waals surface area contributed by atoms with Gasteiger partial charge in [-0.15, -0.1) is 11.3 Å². The summed E-state index contributed by atoms with van der Waals surface area (Å²) in [6.45, 7) is 4.06.